The molecule has 1 aliphatic heterocycles. The largest absolute Gasteiger partial charge is 0.497 e. The normalized spacial score (nSPS) is 19.3. The van der Waals surface area contributed by atoms with Crippen LogP contribution in [0, 0.1) is 6.92 Å². The zero-order valence-electron chi connectivity index (χ0n) is 21.4. The summed E-state index contributed by atoms with van der Waals surface area (Å²) in [5.41, 5.74) is 6.84. The predicted molar refractivity (Wildman–Crippen MR) is 143 cm³/mol. The molecule has 3 aromatic carbocycles. The average Bonchev–Trinajstić information content (AvgIpc) is 2.92. The van der Waals surface area contributed by atoms with Crippen LogP contribution >= 0.6 is 0 Å². The molecule has 3 aromatic rings. The molecule has 1 heterocycles. The van der Waals surface area contributed by atoms with Crippen molar-refractivity contribution in [2.45, 2.75) is 45.1 Å². The van der Waals surface area contributed by atoms with E-state index in [2.05, 4.69) is 5.32 Å². The molecule has 0 bridgehead atoms. The van der Waals surface area contributed by atoms with E-state index in [1.165, 1.54) is 0 Å². The Morgan fingerprint density at radius 2 is 1.57 bits per heavy atom. The maximum Gasteiger partial charge on any atom is 0.337 e. The highest BCUT2D eigenvalue weighted by Gasteiger charge is 2.41. The molecule has 0 aromatic heterocycles. The van der Waals surface area contributed by atoms with E-state index in [0.717, 1.165) is 39.4 Å². The number of Topliss-reactive ketones (excluding diaryl/α,β-unsaturated/α-hetero) is 1. The first kappa shape index (κ1) is 24.6. The summed E-state index contributed by atoms with van der Waals surface area (Å²) < 4.78 is 11.1. The number of carbonyl (C=O) groups is 2. The standard InChI is InChI=1S/C32H31NO4/c1-20-9-11-24(12-10-20)30-29(32(35)37-19-22-7-5-4-6-8-22)21(2)33-27-17-25(18-28(34)31(27)30)23-13-15-26(36-3)16-14-23/h4-16,25,30,33H,17-19H2,1-3H3/t25-,30+/m1/s1. The number of allylic oxidation sites excluding steroid dienone is 3. The van der Waals surface area contributed by atoms with E-state index < -0.39 is 11.9 Å². The molecular weight excluding hydrogens is 462 g/mol. The minimum atomic E-state index is -0.468. The zero-order chi connectivity index (χ0) is 25.9. The minimum absolute atomic E-state index is 0.0565. The van der Waals surface area contributed by atoms with Crippen molar-refractivity contribution in [3.8, 4) is 5.75 Å². The zero-order valence-corrected chi connectivity index (χ0v) is 21.4. The lowest BCUT2D eigenvalue weighted by molar-refractivity contribution is -0.140. The fraction of sp³-hybridized carbons (Fsp3) is 0.250. The van der Waals surface area contributed by atoms with Crippen LogP contribution in [0.1, 0.15) is 53.9 Å². The van der Waals surface area contributed by atoms with Crippen molar-refractivity contribution >= 4 is 11.8 Å². The van der Waals surface area contributed by atoms with Crippen LogP contribution < -0.4 is 10.1 Å². The Morgan fingerprint density at radius 3 is 2.24 bits per heavy atom. The van der Waals surface area contributed by atoms with Crippen molar-refractivity contribution < 1.29 is 19.1 Å². The maximum absolute atomic E-state index is 13.7. The number of ether oxygens (including phenoxy) is 2. The number of hydrogen-bond donors (Lipinski definition) is 1. The first-order valence-electron chi connectivity index (χ1n) is 12.6. The van der Waals surface area contributed by atoms with Crippen LogP contribution in [0.4, 0.5) is 0 Å². The van der Waals surface area contributed by atoms with Gasteiger partial charge in [-0.25, -0.2) is 4.79 Å². The third kappa shape index (κ3) is 5.08. The van der Waals surface area contributed by atoms with E-state index >= 15 is 0 Å². The number of rotatable bonds is 6. The highest BCUT2D eigenvalue weighted by Crippen LogP contribution is 2.46. The van der Waals surface area contributed by atoms with Crippen molar-refractivity contribution in [3.63, 3.8) is 0 Å². The fourth-order valence-corrected chi connectivity index (χ4v) is 5.31. The molecule has 1 N–H and O–H groups in total. The highest BCUT2D eigenvalue weighted by atomic mass is 16.5. The molecule has 5 heteroatoms. The van der Waals surface area contributed by atoms with Crippen LogP contribution in [0.5, 0.6) is 5.75 Å². The van der Waals surface area contributed by atoms with Crippen molar-refractivity contribution in [2.75, 3.05) is 7.11 Å². The van der Waals surface area contributed by atoms with Crippen LogP contribution in [0.3, 0.4) is 0 Å². The predicted octanol–water partition coefficient (Wildman–Crippen LogP) is 6.11. The van der Waals surface area contributed by atoms with Crippen molar-refractivity contribution in [1.82, 2.24) is 5.32 Å². The molecule has 0 fully saturated rings. The van der Waals surface area contributed by atoms with Gasteiger partial charge in [0.25, 0.3) is 0 Å². The number of carbonyl (C=O) groups excluding carboxylic acids is 2. The Kier molecular flexibility index (Phi) is 6.95. The van der Waals surface area contributed by atoms with Gasteiger partial charge < -0.3 is 14.8 Å². The van der Waals surface area contributed by atoms with Gasteiger partial charge in [0.1, 0.15) is 12.4 Å². The molecule has 0 spiro atoms. The second-order valence-electron chi connectivity index (χ2n) is 9.76. The number of methoxy groups -OCH3 is 1. The molecule has 0 saturated carbocycles. The van der Waals surface area contributed by atoms with E-state index in [0.29, 0.717) is 24.0 Å². The second kappa shape index (κ2) is 10.5. The molecule has 188 valence electrons. The Hall–Kier alpha value is -4.12. The van der Waals surface area contributed by atoms with E-state index in [1.807, 2.05) is 92.7 Å². The Labute approximate surface area is 217 Å². The van der Waals surface area contributed by atoms with Gasteiger partial charge in [-0.2, -0.15) is 0 Å². The van der Waals surface area contributed by atoms with Crippen molar-refractivity contribution in [1.29, 1.82) is 0 Å². The summed E-state index contributed by atoms with van der Waals surface area (Å²) in [6, 6.07) is 25.6. The van der Waals surface area contributed by atoms with Gasteiger partial charge in [0, 0.05) is 29.3 Å². The van der Waals surface area contributed by atoms with Crippen LogP contribution in [0.25, 0.3) is 0 Å². The van der Waals surface area contributed by atoms with E-state index in [-0.39, 0.29) is 18.3 Å². The van der Waals surface area contributed by atoms with Gasteiger partial charge in [-0.3, -0.25) is 4.79 Å². The summed E-state index contributed by atoms with van der Waals surface area (Å²) in [6.45, 7) is 4.10. The van der Waals surface area contributed by atoms with Crippen LogP contribution in [0.2, 0.25) is 0 Å². The van der Waals surface area contributed by atoms with Crippen molar-refractivity contribution in [2.24, 2.45) is 0 Å². The average molecular weight is 494 g/mol. The minimum Gasteiger partial charge on any atom is -0.497 e. The van der Waals surface area contributed by atoms with Gasteiger partial charge >= 0.3 is 5.97 Å². The highest BCUT2D eigenvalue weighted by molar-refractivity contribution is 6.04. The Balaban J connectivity index is 1.49. The molecule has 2 aliphatic rings. The second-order valence-corrected chi connectivity index (χ2v) is 9.76. The number of dihydropyridines is 1. The number of nitrogens with one attached hydrogen (secondary N) is 1. The Bertz CT molecular complexity index is 1370. The molecular formula is C32H31NO4. The third-order valence-electron chi connectivity index (χ3n) is 7.26. The summed E-state index contributed by atoms with van der Waals surface area (Å²) in [6.07, 6.45) is 1.08. The summed E-state index contributed by atoms with van der Waals surface area (Å²) in [5, 5.41) is 3.42. The molecule has 0 radical (unpaired) electrons. The third-order valence-corrected chi connectivity index (χ3v) is 7.26. The quantitative estimate of drug-likeness (QED) is 0.420. The van der Waals surface area contributed by atoms with E-state index in [4.69, 9.17) is 9.47 Å². The molecule has 2 atom stereocenters. The van der Waals surface area contributed by atoms with Crippen molar-refractivity contribution in [3.05, 3.63) is 124 Å². The number of benzene rings is 3. The van der Waals surface area contributed by atoms with Gasteiger partial charge in [-0.15, -0.1) is 0 Å². The molecule has 0 saturated heterocycles. The summed E-state index contributed by atoms with van der Waals surface area (Å²) >= 11 is 0. The van der Waals surface area contributed by atoms with E-state index in [1.54, 1.807) is 7.11 Å². The molecule has 37 heavy (non-hydrogen) atoms. The fourth-order valence-electron chi connectivity index (χ4n) is 5.31. The van der Waals surface area contributed by atoms with Gasteiger partial charge in [0.2, 0.25) is 0 Å². The topological polar surface area (TPSA) is 64.6 Å². The number of esters is 1. The van der Waals surface area contributed by atoms with E-state index in [9.17, 15) is 9.59 Å². The maximum atomic E-state index is 13.7. The number of hydrogen-bond acceptors (Lipinski definition) is 5. The molecule has 0 amide bonds. The molecule has 0 unspecified atom stereocenters. The lowest BCUT2D eigenvalue weighted by atomic mass is 9.71. The molecule has 1 aliphatic carbocycles. The number of aryl methyl sites for hydroxylation is 1. The molecule has 5 rings (SSSR count). The van der Waals surface area contributed by atoms with Gasteiger partial charge in [-0.05, 0) is 55.0 Å². The molecule has 5 nitrogen and oxygen atoms in total. The Morgan fingerprint density at radius 1 is 0.892 bits per heavy atom. The smallest absolute Gasteiger partial charge is 0.337 e. The van der Waals surface area contributed by atoms with Gasteiger partial charge in [0.15, 0.2) is 5.78 Å². The summed E-state index contributed by atoms with van der Waals surface area (Å²) in [4.78, 5) is 27.2. The summed E-state index contributed by atoms with van der Waals surface area (Å²) in [5.74, 6) is 0.0302. The SMILES string of the molecule is COc1ccc([C@H]2CC(=O)C3=C(C2)NC(C)=C(C(=O)OCc2ccccc2)[C@@H]3c2ccc(C)cc2)cc1. The first-order valence-corrected chi connectivity index (χ1v) is 12.6. The van der Waals surface area contributed by atoms with Crippen LogP contribution in [-0.4, -0.2) is 18.9 Å². The summed E-state index contributed by atoms with van der Waals surface area (Å²) in [7, 11) is 1.64. The van der Waals surface area contributed by atoms with Crippen LogP contribution in [0.15, 0.2) is 101 Å². The van der Waals surface area contributed by atoms with Gasteiger partial charge in [-0.1, -0.05) is 72.3 Å². The number of ketones is 1. The monoisotopic (exact) mass is 493 g/mol. The lowest BCUT2D eigenvalue weighted by Gasteiger charge is -2.36. The lowest BCUT2D eigenvalue weighted by Crippen LogP contribution is -2.36. The van der Waals surface area contributed by atoms with Crippen LogP contribution in [-0.2, 0) is 20.9 Å². The first-order chi connectivity index (χ1) is 17.9. The van der Waals surface area contributed by atoms with Gasteiger partial charge in [0.05, 0.1) is 12.7 Å².